The Morgan fingerprint density at radius 1 is 1.06 bits per heavy atom. The first-order chi connectivity index (χ1) is 15.2. The minimum Gasteiger partial charge on any atom is -0.396 e. The van der Waals surface area contributed by atoms with Crippen LogP contribution in [0.2, 0.25) is 0 Å². The number of hydrogen-bond acceptors (Lipinski definition) is 4. The maximum absolute atomic E-state index is 13.5. The number of carbonyl (C=O) groups excluding carboxylic acids is 1. The Morgan fingerprint density at radius 3 is 2.58 bits per heavy atom. The lowest BCUT2D eigenvalue weighted by Gasteiger charge is -2.31. The summed E-state index contributed by atoms with van der Waals surface area (Å²) < 4.78 is 1.83. The molecule has 1 aromatic carbocycles. The zero-order valence-corrected chi connectivity index (χ0v) is 17.8. The highest BCUT2D eigenvalue weighted by Gasteiger charge is 2.55. The van der Waals surface area contributed by atoms with E-state index in [9.17, 15) is 14.7 Å². The van der Waals surface area contributed by atoms with E-state index in [0.717, 1.165) is 37.8 Å². The number of fused-ring (bicyclic) bond motifs is 3. The molecule has 0 spiro atoms. The fourth-order valence-electron chi connectivity index (χ4n) is 6.08. The highest BCUT2D eigenvalue weighted by atomic mass is 16.3. The van der Waals surface area contributed by atoms with Gasteiger partial charge in [0.25, 0.3) is 5.56 Å². The standard InChI is InChI=1S/C25H31N3O3/c29-16-20-19-15-28-21(11-6-12-22(28)30)23(19)27(14-13-17-7-2-1-3-8-17)24(20)25(31)26-18-9-4-5-10-18/h1-3,6-8,11-12,18-20,23-24,29H,4-5,9-10,13-16H2,(H,26,31)/t19-,20-,23+,24-/m1/s1. The maximum Gasteiger partial charge on any atom is 0.250 e. The van der Waals surface area contributed by atoms with E-state index in [1.165, 1.54) is 5.56 Å². The molecule has 6 heteroatoms. The summed E-state index contributed by atoms with van der Waals surface area (Å²) in [5.74, 6) is -0.0742. The molecule has 0 radical (unpaired) electrons. The lowest BCUT2D eigenvalue weighted by Crippen LogP contribution is -2.51. The van der Waals surface area contributed by atoms with Crippen molar-refractivity contribution >= 4 is 5.91 Å². The molecule has 2 aliphatic heterocycles. The number of rotatable bonds is 6. The molecule has 1 aliphatic carbocycles. The smallest absolute Gasteiger partial charge is 0.250 e. The molecule has 0 bridgehead atoms. The molecule has 1 saturated carbocycles. The van der Waals surface area contributed by atoms with Gasteiger partial charge < -0.3 is 15.0 Å². The fourth-order valence-corrected chi connectivity index (χ4v) is 6.08. The Bertz CT molecular complexity index is 983. The second-order valence-corrected chi connectivity index (χ2v) is 9.26. The van der Waals surface area contributed by atoms with Gasteiger partial charge in [-0.05, 0) is 30.9 Å². The SMILES string of the molecule is O=C(NC1CCCC1)[C@H]1[C@H](CO)[C@H]2Cn3c(cccc3=O)[C@H]2N1CCc1ccccc1. The molecular weight excluding hydrogens is 390 g/mol. The normalized spacial score (nSPS) is 27.9. The maximum atomic E-state index is 13.5. The van der Waals surface area contributed by atoms with Gasteiger partial charge >= 0.3 is 0 Å². The molecule has 3 heterocycles. The van der Waals surface area contributed by atoms with Gasteiger partial charge in [0.05, 0.1) is 12.1 Å². The van der Waals surface area contributed by atoms with Crippen LogP contribution in [0.4, 0.5) is 0 Å². The highest BCUT2D eigenvalue weighted by Crippen LogP contribution is 2.49. The average Bonchev–Trinajstić information content (AvgIpc) is 3.49. The summed E-state index contributed by atoms with van der Waals surface area (Å²) in [6.07, 6.45) is 5.23. The molecular formula is C25H31N3O3. The van der Waals surface area contributed by atoms with E-state index in [4.69, 9.17) is 0 Å². The van der Waals surface area contributed by atoms with Crippen LogP contribution in [0.1, 0.15) is 43.0 Å². The van der Waals surface area contributed by atoms with Crippen LogP contribution in [0.5, 0.6) is 0 Å². The molecule has 2 N–H and O–H groups in total. The number of hydrogen-bond donors (Lipinski definition) is 2. The van der Waals surface area contributed by atoms with E-state index in [0.29, 0.717) is 13.1 Å². The van der Waals surface area contributed by atoms with Crippen LogP contribution in [0, 0.1) is 11.8 Å². The van der Waals surface area contributed by atoms with Crippen LogP contribution in [-0.4, -0.2) is 45.7 Å². The number of benzene rings is 1. The lowest BCUT2D eigenvalue weighted by molar-refractivity contribution is -0.128. The Kier molecular flexibility index (Phi) is 5.67. The van der Waals surface area contributed by atoms with Gasteiger partial charge in [0.1, 0.15) is 0 Å². The molecule has 1 saturated heterocycles. The van der Waals surface area contributed by atoms with Crippen LogP contribution in [-0.2, 0) is 17.8 Å². The monoisotopic (exact) mass is 421 g/mol. The molecule has 2 fully saturated rings. The average molecular weight is 422 g/mol. The quantitative estimate of drug-likeness (QED) is 0.749. The van der Waals surface area contributed by atoms with Crippen molar-refractivity contribution in [1.82, 2.24) is 14.8 Å². The Balaban J connectivity index is 1.47. The third-order valence-electron chi connectivity index (χ3n) is 7.54. The minimum atomic E-state index is -0.367. The second kappa shape index (κ2) is 8.60. The Hall–Kier alpha value is -2.44. The summed E-state index contributed by atoms with van der Waals surface area (Å²) in [6.45, 7) is 1.24. The molecule has 164 valence electrons. The van der Waals surface area contributed by atoms with Crippen molar-refractivity contribution in [2.75, 3.05) is 13.2 Å². The summed E-state index contributed by atoms with van der Waals surface area (Å²) in [6, 6.07) is 15.6. The molecule has 5 rings (SSSR count). The summed E-state index contributed by atoms with van der Waals surface area (Å²) in [5, 5.41) is 13.6. The predicted octanol–water partition coefficient (Wildman–Crippen LogP) is 2.11. The van der Waals surface area contributed by atoms with Gasteiger partial charge in [-0.1, -0.05) is 49.2 Å². The summed E-state index contributed by atoms with van der Waals surface area (Å²) in [4.78, 5) is 28.2. The van der Waals surface area contributed by atoms with Crippen LogP contribution in [0.25, 0.3) is 0 Å². The third kappa shape index (κ3) is 3.72. The third-order valence-corrected chi connectivity index (χ3v) is 7.54. The lowest BCUT2D eigenvalue weighted by atomic mass is 9.88. The zero-order chi connectivity index (χ0) is 21.4. The van der Waals surface area contributed by atoms with Crippen molar-refractivity contribution in [3.05, 3.63) is 70.1 Å². The first kappa shape index (κ1) is 20.5. The molecule has 6 nitrogen and oxygen atoms in total. The number of nitrogens with one attached hydrogen (secondary N) is 1. The summed E-state index contributed by atoms with van der Waals surface area (Å²) in [5.41, 5.74) is 2.20. The van der Waals surface area contributed by atoms with Crippen molar-refractivity contribution in [3.63, 3.8) is 0 Å². The molecule has 1 amide bonds. The topological polar surface area (TPSA) is 74.6 Å². The fraction of sp³-hybridized carbons (Fsp3) is 0.520. The van der Waals surface area contributed by atoms with Gasteiger partial charge in [-0.3, -0.25) is 14.5 Å². The van der Waals surface area contributed by atoms with Gasteiger partial charge in [-0.15, -0.1) is 0 Å². The Labute approximate surface area is 182 Å². The number of likely N-dealkylation sites (tertiary alicyclic amines) is 1. The highest BCUT2D eigenvalue weighted by molar-refractivity contribution is 5.83. The van der Waals surface area contributed by atoms with E-state index in [2.05, 4.69) is 22.3 Å². The largest absolute Gasteiger partial charge is 0.396 e. The molecule has 1 aromatic heterocycles. The van der Waals surface area contributed by atoms with Gasteiger partial charge in [0.2, 0.25) is 5.91 Å². The van der Waals surface area contributed by atoms with Crippen LogP contribution in [0.3, 0.4) is 0 Å². The second-order valence-electron chi connectivity index (χ2n) is 9.26. The number of aliphatic hydroxyl groups is 1. The number of pyridine rings is 1. The van der Waals surface area contributed by atoms with Gasteiger partial charge in [0, 0.05) is 49.3 Å². The number of carbonyl (C=O) groups is 1. The van der Waals surface area contributed by atoms with E-state index in [1.54, 1.807) is 6.07 Å². The minimum absolute atomic E-state index is 0.00134. The van der Waals surface area contributed by atoms with Gasteiger partial charge in [-0.25, -0.2) is 0 Å². The van der Waals surface area contributed by atoms with Crippen molar-refractivity contribution < 1.29 is 9.90 Å². The van der Waals surface area contributed by atoms with E-state index < -0.39 is 0 Å². The molecule has 31 heavy (non-hydrogen) atoms. The number of nitrogens with zero attached hydrogens (tertiary/aromatic N) is 2. The van der Waals surface area contributed by atoms with Gasteiger partial charge in [0.15, 0.2) is 0 Å². The Morgan fingerprint density at radius 2 is 1.84 bits per heavy atom. The van der Waals surface area contributed by atoms with Crippen LogP contribution < -0.4 is 10.9 Å². The number of aromatic nitrogens is 1. The molecule has 4 atom stereocenters. The van der Waals surface area contributed by atoms with E-state index in [1.807, 2.05) is 34.9 Å². The van der Waals surface area contributed by atoms with Crippen LogP contribution >= 0.6 is 0 Å². The molecule has 2 aromatic rings. The van der Waals surface area contributed by atoms with E-state index >= 15 is 0 Å². The predicted molar refractivity (Wildman–Crippen MR) is 119 cm³/mol. The van der Waals surface area contributed by atoms with Crippen LogP contribution in [0.15, 0.2) is 53.3 Å². The van der Waals surface area contributed by atoms with Crippen molar-refractivity contribution in [1.29, 1.82) is 0 Å². The molecule has 3 aliphatic rings. The van der Waals surface area contributed by atoms with Gasteiger partial charge in [-0.2, -0.15) is 0 Å². The van der Waals surface area contributed by atoms with Crippen molar-refractivity contribution in [2.24, 2.45) is 11.8 Å². The first-order valence-electron chi connectivity index (χ1n) is 11.6. The summed E-state index contributed by atoms with van der Waals surface area (Å²) in [7, 11) is 0. The first-order valence-corrected chi connectivity index (χ1v) is 11.6. The zero-order valence-electron chi connectivity index (χ0n) is 17.8. The van der Waals surface area contributed by atoms with Crippen molar-refractivity contribution in [2.45, 2.75) is 56.8 Å². The number of amides is 1. The summed E-state index contributed by atoms with van der Waals surface area (Å²) >= 11 is 0. The molecule has 0 unspecified atom stereocenters. The number of aliphatic hydroxyl groups excluding tert-OH is 1. The van der Waals surface area contributed by atoms with Crippen molar-refractivity contribution in [3.8, 4) is 0 Å². The van der Waals surface area contributed by atoms with E-state index in [-0.39, 0.29) is 48.0 Å².